The summed E-state index contributed by atoms with van der Waals surface area (Å²) in [7, 11) is 1.59. The van der Waals surface area contributed by atoms with E-state index in [-0.39, 0.29) is 0 Å². The van der Waals surface area contributed by atoms with Crippen molar-refractivity contribution < 1.29 is 9.53 Å². The fourth-order valence-corrected chi connectivity index (χ4v) is 2.22. The highest BCUT2D eigenvalue weighted by Gasteiger charge is 2.19. The van der Waals surface area contributed by atoms with Gasteiger partial charge in [-0.15, -0.1) is 0 Å². The van der Waals surface area contributed by atoms with Crippen molar-refractivity contribution in [2.24, 2.45) is 5.73 Å². The molecule has 0 atom stereocenters. The topological polar surface area (TPSA) is 52.3 Å². The third-order valence-corrected chi connectivity index (χ3v) is 2.95. The molecule has 0 spiro atoms. The summed E-state index contributed by atoms with van der Waals surface area (Å²) in [6.07, 6.45) is 4.43. The minimum atomic E-state index is -0.416. The number of methoxy groups -OCH3 is 1. The Morgan fingerprint density at radius 3 is 2.73 bits per heavy atom. The van der Waals surface area contributed by atoms with Crippen molar-refractivity contribution in [2.75, 3.05) is 7.11 Å². The maximum atomic E-state index is 11.2. The number of ether oxygens (including phenoxy) is 1. The van der Waals surface area contributed by atoms with Crippen LogP contribution in [0, 0.1) is 0 Å². The van der Waals surface area contributed by atoms with Crippen LogP contribution in [0.1, 0.15) is 34.3 Å². The minimum absolute atomic E-state index is 0.416. The predicted octanol–water partition coefficient (Wildman–Crippen LogP) is 1.67. The van der Waals surface area contributed by atoms with Crippen LogP contribution < -0.4 is 10.5 Å². The van der Waals surface area contributed by atoms with E-state index in [2.05, 4.69) is 0 Å². The highest BCUT2D eigenvalue weighted by atomic mass is 16.5. The summed E-state index contributed by atoms with van der Waals surface area (Å²) in [4.78, 5) is 11.2. The second-order valence-corrected chi connectivity index (χ2v) is 3.86. The number of amides is 1. The van der Waals surface area contributed by atoms with Gasteiger partial charge in [-0.2, -0.15) is 0 Å². The van der Waals surface area contributed by atoms with Gasteiger partial charge in [0.25, 0.3) is 5.91 Å². The van der Waals surface area contributed by atoms with Gasteiger partial charge in [0.15, 0.2) is 0 Å². The van der Waals surface area contributed by atoms with Crippen molar-refractivity contribution in [1.82, 2.24) is 0 Å². The molecular formula is C12H15NO2. The average Bonchev–Trinajstić information content (AvgIpc) is 2.27. The van der Waals surface area contributed by atoms with Gasteiger partial charge in [0.1, 0.15) is 5.75 Å². The molecule has 0 unspecified atom stereocenters. The summed E-state index contributed by atoms with van der Waals surface area (Å²) >= 11 is 0. The van der Waals surface area contributed by atoms with Gasteiger partial charge < -0.3 is 10.5 Å². The lowest BCUT2D eigenvalue weighted by atomic mass is 9.89. The van der Waals surface area contributed by atoms with Crippen LogP contribution in [0.4, 0.5) is 0 Å². The number of carbonyl (C=O) groups excluding carboxylic acids is 1. The number of carbonyl (C=O) groups is 1. The Bertz CT molecular complexity index is 399. The molecule has 3 heteroatoms. The highest BCUT2D eigenvalue weighted by molar-refractivity contribution is 5.96. The third-order valence-electron chi connectivity index (χ3n) is 2.95. The maximum absolute atomic E-state index is 11.2. The quantitative estimate of drug-likeness (QED) is 0.798. The largest absolute Gasteiger partial charge is 0.496 e. The predicted molar refractivity (Wildman–Crippen MR) is 58.2 cm³/mol. The summed E-state index contributed by atoms with van der Waals surface area (Å²) in [5, 5.41) is 0. The van der Waals surface area contributed by atoms with Crippen molar-refractivity contribution in [2.45, 2.75) is 25.7 Å². The Labute approximate surface area is 89.2 Å². The number of rotatable bonds is 2. The number of fused-ring (bicyclic) bond motifs is 1. The zero-order valence-electron chi connectivity index (χ0n) is 8.88. The van der Waals surface area contributed by atoms with Gasteiger partial charge in [-0.1, -0.05) is 6.07 Å². The van der Waals surface area contributed by atoms with Gasteiger partial charge in [0.05, 0.1) is 12.7 Å². The van der Waals surface area contributed by atoms with Crippen LogP contribution in [0.5, 0.6) is 5.75 Å². The molecule has 15 heavy (non-hydrogen) atoms. The second kappa shape index (κ2) is 3.93. The van der Waals surface area contributed by atoms with Crippen LogP contribution in [0.3, 0.4) is 0 Å². The summed E-state index contributed by atoms with van der Waals surface area (Å²) in [5.74, 6) is 0.264. The third kappa shape index (κ3) is 1.69. The Hall–Kier alpha value is -1.51. The van der Waals surface area contributed by atoms with Crippen molar-refractivity contribution >= 4 is 5.91 Å². The molecule has 0 heterocycles. The van der Waals surface area contributed by atoms with Crippen LogP contribution in [0.25, 0.3) is 0 Å². The Balaban J connectivity index is 2.56. The SMILES string of the molecule is COc1c(C(N)=O)ccc2c1CCCC2. The Morgan fingerprint density at radius 2 is 2.07 bits per heavy atom. The first kappa shape index (κ1) is 10.0. The fourth-order valence-electron chi connectivity index (χ4n) is 2.22. The van der Waals surface area contributed by atoms with Crippen LogP contribution in [0.15, 0.2) is 12.1 Å². The van der Waals surface area contributed by atoms with E-state index >= 15 is 0 Å². The van der Waals surface area contributed by atoms with Crippen molar-refractivity contribution in [3.63, 3.8) is 0 Å². The average molecular weight is 205 g/mol. The number of nitrogens with two attached hydrogens (primary N) is 1. The molecule has 0 bridgehead atoms. The first-order valence-corrected chi connectivity index (χ1v) is 5.22. The molecule has 1 amide bonds. The molecule has 0 aliphatic heterocycles. The summed E-state index contributed by atoms with van der Waals surface area (Å²) in [5.41, 5.74) is 8.26. The van der Waals surface area contributed by atoms with E-state index in [1.807, 2.05) is 6.07 Å². The van der Waals surface area contributed by atoms with Crippen LogP contribution >= 0.6 is 0 Å². The van der Waals surface area contributed by atoms with Crippen molar-refractivity contribution in [3.8, 4) is 5.75 Å². The van der Waals surface area contributed by atoms with Gasteiger partial charge in [-0.3, -0.25) is 4.79 Å². The lowest BCUT2D eigenvalue weighted by Crippen LogP contribution is -2.15. The highest BCUT2D eigenvalue weighted by Crippen LogP contribution is 2.32. The maximum Gasteiger partial charge on any atom is 0.252 e. The van der Waals surface area contributed by atoms with E-state index in [0.717, 1.165) is 19.3 Å². The molecule has 0 fully saturated rings. The molecule has 1 aromatic carbocycles. The first-order valence-electron chi connectivity index (χ1n) is 5.22. The van der Waals surface area contributed by atoms with Crippen LogP contribution in [-0.4, -0.2) is 13.0 Å². The molecular weight excluding hydrogens is 190 g/mol. The lowest BCUT2D eigenvalue weighted by molar-refractivity contribution is 0.0997. The minimum Gasteiger partial charge on any atom is -0.496 e. The molecule has 80 valence electrons. The number of hydrogen-bond donors (Lipinski definition) is 1. The molecule has 2 N–H and O–H groups in total. The molecule has 2 rings (SSSR count). The van der Waals surface area contributed by atoms with E-state index < -0.39 is 5.91 Å². The molecule has 0 radical (unpaired) electrons. The summed E-state index contributed by atoms with van der Waals surface area (Å²) in [6.45, 7) is 0. The molecule has 1 aliphatic carbocycles. The number of aryl methyl sites for hydroxylation is 1. The van der Waals surface area contributed by atoms with Gasteiger partial charge in [0.2, 0.25) is 0 Å². The normalized spacial score (nSPS) is 14.5. The lowest BCUT2D eigenvalue weighted by Gasteiger charge is -2.20. The van der Waals surface area contributed by atoms with Crippen molar-refractivity contribution in [3.05, 3.63) is 28.8 Å². The zero-order valence-corrected chi connectivity index (χ0v) is 8.88. The van der Waals surface area contributed by atoms with Crippen LogP contribution in [0.2, 0.25) is 0 Å². The monoisotopic (exact) mass is 205 g/mol. The van der Waals surface area contributed by atoms with Gasteiger partial charge in [-0.05, 0) is 42.9 Å². The van der Waals surface area contributed by atoms with Crippen LogP contribution in [-0.2, 0) is 12.8 Å². The molecule has 3 nitrogen and oxygen atoms in total. The standard InChI is InChI=1S/C12H15NO2/c1-15-11-9-5-3-2-4-8(9)6-7-10(11)12(13)14/h6-7H,2-5H2,1H3,(H2,13,14). The van der Waals surface area contributed by atoms with E-state index in [1.165, 1.54) is 17.5 Å². The Kier molecular flexibility index (Phi) is 2.62. The molecule has 1 aromatic rings. The Morgan fingerprint density at radius 1 is 1.33 bits per heavy atom. The number of primary amides is 1. The molecule has 0 saturated heterocycles. The first-order chi connectivity index (χ1) is 7.24. The smallest absolute Gasteiger partial charge is 0.252 e. The van der Waals surface area contributed by atoms with Crippen molar-refractivity contribution in [1.29, 1.82) is 0 Å². The van der Waals surface area contributed by atoms with Gasteiger partial charge >= 0.3 is 0 Å². The number of benzene rings is 1. The number of hydrogen-bond acceptors (Lipinski definition) is 2. The molecule has 1 aliphatic rings. The zero-order chi connectivity index (χ0) is 10.8. The van der Waals surface area contributed by atoms with E-state index in [4.69, 9.17) is 10.5 Å². The molecule has 0 saturated carbocycles. The van der Waals surface area contributed by atoms with E-state index in [9.17, 15) is 4.79 Å². The molecule has 0 aromatic heterocycles. The van der Waals surface area contributed by atoms with Gasteiger partial charge in [-0.25, -0.2) is 0 Å². The van der Waals surface area contributed by atoms with E-state index in [0.29, 0.717) is 11.3 Å². The summed E-state index contributed by atoms with van der Waals surface area (Å²) in [6, 6.07) is 3.77. The van der Waals surface area contributed by atoms with Gasteiger partial charge in [0, 0.05) is 0 Å². The second-order valence-electron chi connectivity index (χ2n) is 3.86. The van der Waals surface area contributed by atoms with E-state index in [1.54, 1.807) is 13.2 Å². The summed E-state index contributed by atoms with van der Waals surface area (Å²) < 4.78 is 5.30. The fraction of sp³-hybridized carbons (Fsp3) is 0.417.